The molecule has 3 rings (SSSR count). The summed E-state index contributed by atoms with van der Waals surface area (Å²) in [5.41, 5.74) is 1.32. The molecule has 0 aliphatic carbocycles. The average Bonchev–Trinajstić information content (AvgIpc) is 2.97. The minimum absolute atomic E-state index is 0.287. The molecule has 2 atom stereocenters. The molecule has 0 saturated carbocycles. The van der Waals surface area contributed by atoms with Crippen molar-refractivity contribution in [2.75, 3.05) is 45.9 Å². The van der Waals surface area contributed by atoms with Crippen LogP contribution in [0.2, 0.25) is 0 Å². The first kappa shape index (κ1) is 14.9. The minimum atomic E-state index is -0.287. The average molecular weight is 291 g/mol. The van der Waals surface area contributed by atoms with E-state index < -0.39 is 0 Å². The van der Waals surface area contributed by atoms with Crippen LogP contribution in [0.4, 0.5) is 0 Å². The number of aliphatic hydroxyl groups is 1. The number of aromatic nitrogens is 1. The van der Waals surface area contributed by atoms with Crippen LogP contribution in [0.5, 0.6) is 0 Å². The lowest BCUT2D eigenvalue weighted by Crippen LogP contribution is -2.44. The van der Waals surface area contributed by atoms with Crippen LogP contribution in [0, 0.1) is 0 Å². The smallest absolute Gasteiger partial charge is 0.0794 e. The van der Waals surface area contributed by atoms with E-state index in [2.05, 4.69) is 26.9 Å². The third-order valence-corrected chi connectivity index (χ3v) is 4.47. The van der Waals surface area contributed by atoms with Crippen molar-refractivity contribution in [2.24, 2.45) is 0 Å². The zero-order valence-corrected chi connectivity index (χ0v) is 12.5. The first-order chi connectivity index (χ1) is 10.3. The third-order valence-electron chi connectivity index (χ3n) is 4.47. The molecule has 116 valence electrons. The second-order valence-corrected chi connectivity index (χ2v) is 6.00. The maximum atomic E-state index is 10.4. The Morgan fingerprint density at radius 3 is 2.71 bits per heavy atom. The fourth-order valence-corrected chi connectivity index (χ4v) is 3.42. The van der Waals surface area contributed by atoms with Gasteiger partial charge in [-0.3, -0.25) is 14.8 Å². The lowest BCUT2D eigenvalue weighted by molar-refractivity contribution is 0.00585. The standard InChI is InChI=1S/C16H25N3O2/c20-15(12-18-8-10-21-11-9-18)13-19-7-1-2-16(19)14-3-5-17-6-4-14/h3-6,15-16,20H,1-2,7-13H2. The lowest BCUT2D eigenvalue weighted by atomic mass is 10.1. The molecular weight excluding hydrogens is 266 g/mol. The molecule has 5 heteroatoms. The number of aliphatic hydroxyl groups excluding tert-OH is 1. The fourth-order valence-electron chi connectivity index (χ4n) is 3.42. The molecule has 2 aliphatic heterocycles. The minimum Gasteiger partial charge on any atom is -0.390 e. The number of pyridine rings is 1. The zero-order chi connectivity index (χ0) is 14.5. The van der Waals surface area contributed by atoms with Crippen LogP contribution in [0.15, 0.2) is 24.5 Å². The summed E-state index contributed by atoms with van der Waals surface area (Å²) < 4.78 is 5.35. The van der Waals surface area contributed by atoms with Crippen LogP contribution < -0.4 is 0 Å². The van der Waals surface area contributed by atoms with Crippen LogP contribution >= 0.6 is 0 Å². The summed E-state index contributed by atoms with van der Waals surface area (Å²) in [5.74, 6) is 0. The van der Waals surface area contributed by atoms with Crippen molar-refractivity contribution in [3.8, 4) is 0 Å². The molecule has 0 bridgehead atoms. The van der Waals surface area contributed by atoms with E-state index in [1.165, 1.54) is 18.4 Å². The van der Waals surface area contributed by atoms with E-state index >= 15 is 0 Å². The summed E-state index contributed by atoms with van der Waals surface area (Å²) in [6.45, 7) is 6.03. The predicted molar refractivity (Wildman–Crippen MR) is 81.1 cm³/mol. The van der Waals surface area contributed by atoms with Crippen LogP contribution in [0.1, 0.15) is 24.4 Å². The van der Waals surface area contributed by atoms with Gasteiger partial charge in [0.15, 0.2) is 0 Å². The molecule has 0 aromatic carbocycles. The Labute approximate surface area is 126 Å². The largest absolute Gasteiger partial charge is 0.390 e. The Morgan fingerprint density at radius 1 is 1.19 bits per heavy atom. The number of nitrogens with zero attached hydrogens (tertiary/aromatic N) is 3. The fraction of sp³-hybridized carbons (Fsp3) is 0.688. The van der Waals surface area contributed by atoms with Crippen molar-refractivity contribution in [1.82, 2.24) is 14.8 Å². The van der Waals surface area contributed by atoms with Crippen LogP contribution in [-0.2, 0) is 4.74 Å². The molecule has 1 aromatic heterocycles. The lowest BCUT2D eigenvalue weighted by Gasteiger charge is -2.32. The van der Waals surface area contributed by atoms with Gasteiger partial charge in [0.05, 0.1) is 19.3 Å². The van der Waals surface area contributed by atoms with Crippen molar-refractivity contribution < 1.29 is 9.84 Å². The van der Waals surface area contributed by atoms with Gasteiger partial charge in [0.25, 0.3) is 0 Å². The highest BCUT2D eigenvalue weighted by Gasteiger charge is 2.28. The van der Waals surface area contributed by atoms with Crippen molar-refractivity contribution in [3.63, 3.8) is 0 Å². The van der Waals surface area contributed by atoms with Gasteiger partial charge in [-0.2, -0.15) is 0 Å². The number of likely N-dealkylation sites (tertiary alicyclic amines) is 1. The molecule has 5 nitrogen and oxygen atoms in total. The molecule has 0 amide bonds. The number of morpholine rings is 1. The van der Waals surface area contributed by atoms with Crippen LogP contribution in [0.25, 0.3) is 0 Å². The van der Waals surface area contributed by atoms with Gasteiger partial charge < -0.3 is 9.84 Å². The first-order valence-electron chi connectivity index (χ1n) is 7.95. The van der Waals surface area contributed by atoms with Gasteiger partial charge in [-0.1, -0.05) is 0 Å². The Morgan fingerprint density at radius 2 is 1.95 bits per heavy atom. The molecule has 0 spiro atoms. The van der Waals surface area contributed by atoms with Crippen molar-refractivity contribution in [2.45, 2.75) is 25.0 Å². The summed E-state index contributed by atoms with van der Waals surface area (Å²) in [6.07, 6.45) is 5.81. The second-order valence-electron chi connectivity index (χ2n) is 6.00. The van der Waals surface area contributed by atoms with E-state index in [0.29, 0.717) is 6.04 Å². The molecule has 0 radical (unpaired) electrons. The van der Waals surface area contributed by atoms with Gasteiger partial charge in [0.1, 0.15) is 0 Å². The molecular formula is C16H25N3O2. The Bertz CT molecular complexity index is 423. The number of hydrogen-bond acceptors (Lipinski definition) is 5. The van der Waals surface area contributed by atoms with Crippen LogP contribution in [-0.4, -0.2) is 71.9 Å². The second kappa shape index (κ2) is 7.31. The van der Waals surface area contributed by atoms with Crippen molar-refractivity contribution >= 4 is 0 Å². The normalized spacial score (nSPS) is 26.0. The molecule has 2 saturated heterocycles. The highest BCUT2D eigenvalue weighted by molar-refractivity contribution is 5.16. The molecule has 1 N–H and O–H groups in total. The maximum absolute atomic E-state index is 10.4. The molecule has 21 heavy (non-hydrogen) atoms. The Kier molecular flexibility index (Phi) is 5.19. The summed E-state index contributed by atoms with van der Waals surface area (Å²) in [4.78, 5) is 8.81. The molecule has 1 aromatic rings. The van der Waals surface area contributed by atoms with Gasteiger partial charge in [-0.15, -0.1) is 0 Å². The van der Waals surface area contributed by atoms with E-state index in [0.717, 1.165) is 45.9 Å². The van der Waals surface area contributed by atoms with Crippen LogP contribution in [0.3, 0.4) is 0 Å². The first-order valence-corrected chi connectivity index (χ1v) is 7.95. The van der Waals surface area contributed by atoms with Gasteiger partial charge >= 0.3 is 0 Å². The SMILES string of the molecule is OC(CN1CCOCC1)CN1CCCC1c1ccncc1. The van der Waals surface area contributed by atoms with E-state index in [1.807, 2.05) is 12.4 Å². The summed E-state index contributed by atoms with van der Waals surface area (Å²) in [7, 11) is 0. The van der Waals surface area contributed by atoms with Gasteiger partial charge in [-0.05, 0) is 37.1 Å². The quantitative estimate of drug-likeness (QED) is 0.874. The van der Waals surface area contributed by atoms with Gasteiger partial charge in [0, 0.05) is 44.6 Å². The highest BCUT2D eigenvalue weighted by Crippen LogP contribution is 2.31. The van der Waals surface area contributed by atoms with Crippen molar-refractivity contribution in [3.05, 3.63) is 30.1 Å². The molecule has 3 heterocycles. The number of hydrogen-bond donors (Lipinski definition) is 1. The van der Waals surface area contributed by atoms with Gasteiger partial charge in [-0.25, -0.2) is 0 Å². The highest BCUT2D eigenvalue weighted by atomic mass is 16.5. The predicted octanol–water partition coefficient (Wildman–Crippen LogP) is 0.912. The summed E-state index contributed by atoms with van der Waals surface area (Å²) in [6, 6.07) is 4.63. The summed E-state index contributed by atoms with van der Waals surface area (Å²) >= 11 is 0. The van der Waals surface area contributed by atoms with E-state index in [4.69, 9.17) is 4.74 Å². The molecule has 2 aliphatic rings. The maximum Gasteiger partial charge on any atom is 0.0794 e. The number of ether oxygens (including phenoxy) is 1. The van der Waals surface area contributed by atoms with Crippen molar-refractivity contribution in [1.29, 1.82) is 0 Å². The van der Waals surface area contributed by atoms with E-state index in [-0.39, 0.29) is 6.10 Å². The molecule has 2 unspecified atom stereocenters. The van der Waals surface area contributed by atoms with E-state index in [1.54, 1.807) is 0 Å². The van der Waals surface area contributed by atoms with Gasteiger partial charge in [0.2, 0.25) is 0 Å². The summed E-state index contributed by atoms with van der Waals surface area (Å²) in [5, 5.41) is 10.4. The topological polar surface area (TPSA) is 48.8 Å². The number of β-amino-alcohol motifs (C(OH)–C–C–N with tert-alkyl or cyclic N) is 1. The Hall–Kier alpha value is -1.01. The zero-order valence-electron chi connectivity index (χ0n) is 12.5. The number of rotatable bonds is 5. The third kappa shape index (κ3) is 4.01. The Balaban J connectivity index is 1.53. The molecule has 2 fully saturated rings. The monoisotopic (exact) mass is 291 g/mol. The van der Waals surface area contributed by atoms with E-state index in [9.17, 15) is 5.11 Å².